The molecule has 0 unspecified atom stereocenters. The Morgan fingerprint density at radius 1 is 1.33 bits per heavy atom. The van der Waals surface area contributed by atoms with Gasteiger partial charge in [0.1, 0.15) is 23.4 Å². The fraction of sp³-hybridized carbons (Fsp3) is 0.0588. The molecule has 0 aliphatic carbocycles. The van der Waals surface area contributed by atoms with E-state index in [1.807, 2.05) is 42.5 Å². The minimum absolute atomic E-state index is 0.0695. The number of fused-ring (bicyclic) bond motifs is 1. The first kappa shape index (κ1) is 14.8. The Bertz CT molecular complexity index is 772. The van der Waals surface area contributed by atoms with Gasteiger partial charge in [-0.05, 0) is 22.9 Å². The highest BCUT2D eigenvalue weighted by Gasteiger charge is 2.09. The molecule has 0 saturated heterocycles. The van der Waals surface area contributed by atoms with Gasteiger partial charge in [-0.2, -0.15) is 5.26 Å². The van der Waals surface area contributed by atoms with E-state index < -0.39 is 0 Å². The Kier molecular flexibility index (Phi) is 4.70. The standard InChI is InChI=1S/C17H14N2OS/c1-2-9-20-16-8-7-12-5-3-4-6-14(12)15(16)10-13(11-18)17(19)21/h2-8,10H,1,9H2,(H2,19,21). The maximum atomic E-state index is 9.15. The second-order valence-electron chi connectivity index (χ2n) is 4.33. The summed E-state index contributed by atoms with van der Waals surface area (Å²) >= 11 is 4.90. The van der Waals surface area contributed by atoms with Gasteiger partial charge in [0.15, 0.2) is 0 Å². The molecule has 2 aromatic rings. The van der Waals surface area contributed by atoms with Gasteiger partial charge in [-0.15, -0.1) is 0 Å². The van der Waals surface area contributed by atoms with Gasteiger partial charge in [0.05, 0.1) is 5.57 Å². The summed E-state index contributed by atoms with van der Waals surface area (Å²) in [5.41, 5.74) is 6.62. The summed E-state index contributed by atoms with van der Waals surface area (Å²) < 4.78 is 5.66. The lowest BCUT2D eigenvalue weighted by Gasteiger charge is -2.11. The summed E-state index contributed by atoms with van der Waals surface area (Å²) in [6.07, 6.45) is 3.34. The SMILES string of the molecule is C=CCOc1ccc2ccccc2c1C=C(C#N)C(N)=S. The highest BCUT2D eigenvalue weighted by molar-refractivity contribution is 7.80. The van der Waals surface area contributed by atoms with Crippen LogP contribution in [0.15, 0.2) is 54.6 Å². The maximum Gasteiger partial charge on any atom is 0.127 e. The zero-order valence-corrected chi connectivity index (χ0v) is 12.2. The lowest BCUT2D eigenvalue weighted by atomic mass is 10.0. The molecule has 0 heterocycles. The summed E-state index contributed by atoms with van der Waals surface area (Å²) in [7, 11) is 0. The number of rotatable bonds is 5. The van der Waals surface area contributed by atoms with Gasteiger partial charge < -0.3 is 10.5 Å². The fourth-order valence-electron chi connectivity index (χ4n) is 2.00. The van der Waals surface area contributed by atoms with E-state index in [2.05, 4.69) is 6.58 Å². The van der Waals surface area contributed by atoms with E-state index in [-0.39, 0.29) is 10.6 Å². The number of hydrogen-bond acceptors (Lipinski definition) is 3. The highest BCUT2D eigenvalue weighted by Crippen LogP contribution is 2.30. The first-order valence-electron chi connectivity index (χ1n) is 6.34. The molecule has 4 heteroatoms. The zero-order valence-electron chi connectivity index (χ0n) is 11.4. The number of ether oxygens (including phenoxy) is 1. The van der Waals surface area contributed by atoms with Crippen molar-refractivity contribution >= 4 is 34.1 Å². The topological polar surface area (TPSA) is 59.0 Å². The van der Waals surface area contributed by atoms with E-state index in [1.165, 1.54) is 0 Å². The van der Waals surface area contributed by atoms with Crippen LogP contribution in [-0.2, 0) is 0 Å². The molecule has 0 bridgehead atoms. The molecular formula is C17H14N2OS. The van der Waals surface area contributed by atoms with Crippen LogP contribution >= 0.6 is 12.2 Å². The van der Waals surface area contributed by atoms with Crippen molar-refractivity contribution in [2.75, 3.05) is 6.61 Å². The Morgan fingerprint density at radius 2 is 2.10 bits per heavy atom. The molecule has 2 aromatic carbocycles. The molecule has 104 valence electrons. The second kappa shape index (κ2) is 6.69. The number of benzene rings is 2. The first-order chi connectivity index (χ1) is 10.2. The van der Waals surface area contributed by atoms with Crippen molar-refractivity contribution in [3.05, 3.63) is 60.2 Å². The lowest BCUT2D eigenvalue weighted by Crippen LogP contribution is -2.09. The average Bonchev–Trinajstić information content (AvgIpc) is 2.50. The summed E-state index contributed by atoms with van der Waals surface area (Å²) in [5, 5.41) is 11.2. The molecule has 0 atom stereocenters. The lowest BCUT2D eigenvalue weighted by molar-refractivity contribution is 0.363. The summed E-state index contributed by atoms with van der Waals surface area (Å²) in [4.78, 5) is 0.0695. The molecule has 3 nitrogen and oxygen atoms in total. The molecule has 0 aliphatic rings. The van der Waals surface area contributed by atoms with E-state index in [0.717, 1.165) is 16.3 Å². The highest BCUT2D eigenvalue weighted by atomic mass is 32.1. The Labute approximate surface area is 128 Å². The van der Waals surface area contributed by atoms with Gasteiger partial charge in [0, 0.05) is 5.56 Å². The molecule has 0 saturated carbocycles. The van der Waals surface area contributed by atoms with Crippen LogP contribution in [0.25, 0.3) is 16.8 Å². The number of thiocarbonyl (C=S) groups is 1. The minimum atomic E-state index is 0.0695. The first-order valence-corrected chi connectivity index (χ1v) is 6.75. The summed E-state index contributed by atoms with van der Waals surface area (Å²) in [6.45, 7) is 4.02. The number of nitriles is 1. The van der Waals surface area contributed by atoms with E-state index >= 15 is 0 Å². The zero-order chi connectivity index (χ0) is 15.2. The van der Waals surface area contributed by atoms with Crippen LogP contribution < -0.4 is 10.5 Å². The monoisotopic (exact) mass is 294 g/mol. The third kappa shape index (κ3) is 3.28. The molecule has 0 radical (unpaired) electrons. The maximum absolute atomic E-state index is 9.15. The summed E-state index contributed by atoms with van der Waals surface area (Å²) in [6, 6.07) is 13.7. The van der Waals surface area contributed by atoms with Gasteiger partial charge in [-0.1, -0.05) is 55.2 Å². The van der Waals surface area contributed by atoms with Gasteiger partial charge >= 0.3 is 0 Å². The normalized spacial score (nSPS) is 10.9. The van der Waals surface area contributed by atoms with Crippen molar-refractivity contribution in [3.63, 3.8) is 0 Å². The molecule has 2 rings (SSSR count). The second-order valence-corrected chi connectivity index (χ2v) is 4.77. The summed E-state index contributed by atoms with van der Waals surface area (Å²) in [5.74, 6) is 0.664. The van der Waals surface area contributed by atoms with Gasteiger partial charge in [0.25, 0.3) is 0 Å². The van der Waals surface area contributed by atoms with Gasteiger partial charge in [0.2, 0.25) is 0 Å². The van der Waals surface area contributed by atoms with Gasteiger partial charge in [-0.3, -0.25) is 0 Å². The van der Waals surface area contributed by atoms with Crippen LogP contribution in [0.5, 0.6) is 5.75 Å². The van der Waals surface area contributed by atoms with Crippen LogP contribution in [0.4, 0.5) is 0 Å². The predicted molar refractivity (Wildman–Crippen MR) is 90.0 cm³/mol. The van der Waals surface area contributed by atoms with Crippen molar-refractivity contribution in [2.24, 2.45) is 5.73 Å². The third-order valence-electron chi connectivity index (χ3n) is 2.96. The molecule has 0 fully saturated rings. The van der Waals surface area contributed by atoms with Gasteiger partial charge in [-0.25, -0.2) is 0 Å². The van der Waals surface area contributed by atoms with Crippen molar-refractivity contribution in [3.8, 4) is 11.8 Å². The van der Waals surface area contributed by atoms with E-state index in [0.29, 0.717) is 12.4 Å². The van der Waals surface area contributed by atoms with E-state index in [1.54, 1.807) is 12.2 Å². The fourth-order valence-corrected chi connectivity index (χ4v) is 2.11. The smallest absolute Gasteiger partial charge is 0.127 e. The Morgan fingerprint density at radius 3 is 2.76 bits per heavy atom. The van der Waals surface area contributed by atoms with Crippen LogP contribution in [0.1, 0.15) is 5.56 Å². The largest absolute Gasteiger partial charge is 0.489 e. The van der Waals surface area contributed by atoms with Crippen LogP contribution in [-0.4, -0.2) is 11.6 Å². The molecule has 2 N–H and O–H groups in total. The molecule has 0 spiro atoms. The van der Waals surface area contributed by atoms with Crippen molar-refractivity contribution < 1.29 is 4.74 Å². The van der Waals surface area contributed by atoms with Crippen molar-refractivity contribution in [1.29, 1.82) is 5.26 Å². The Hall–Kier alpha value is -2.64. The van der Waals surface area contributed by atoms with Crippen LogP contribution in [0.2, 0.25) is 0 Å². The van der Waals surface area contributed by atoms with Crippen LogP contribution in [0, 0.1) is 11.3 Å². The van der Waals surface area contributed by atoms with E-state index in [4.69, 9.17) is 28.0 Å². The Balaban J connectivity index is 2.69. The third-order valence-corrected chi connectivity index (χ3v) is 3.18. The number of hydrogen-bond donors (Lipinski definition) is 1. The molecule has 0 aromatic heterocycles. The average molecular weight is 294 g/mol. The number of nitrogens with two attached hydrogens (primary N) is 1. The quantitative estimate of drug-likeness (QED) is 0.396. The van der Waals surface area contributed by atoms with Crippen molar-refractivity contribution in [1.82, 2.24) is 0 Å². The van der Waals surface area contributed by atoms with Crippen molar-refractivity contribution in [2.45, 2.75) is 0 Å². The molecule has 21 heavy (non-hydrogen) atoms. The minimum Gasteiger partial charge on any atom is -0.489 e. The number of nitrogens with zero attached hydrogens (tertiary/aromatic N) is 1. The van der Waals surface area contributed by atoms with E-state index in [9.17, 15) is 0 Å². The van der Waals surface area contributed by atoms with Crippen LogP contribution in [0.3, 0.4) is 0 Å². The predicted octanol–water partition coefficient (Wildman–Crippen LogP) is 3.60. The molecular weight excluding hydrogens is 280 g/mol. The molecule has 0 aliphatic heterocycles. The molecule has 0 amide bonds.